The van der Waals surface area contributed by atoms with Crippen LogP contribution in [0.15, 0.2) is 83.5 Å². The number of aliphatic imine (C=N–C) groups is 1. The van der Waals surface area contributed by atoms with Gasteiger partial charge in [0.15, 0.2) is 5.78 Å². The number of hydrogen-bond donors (Lipinski definition) is 1. The standard InChI is InChI=1S/C37H43NO2/c1-7-10-30-16-18-33-21-31(30)13-8-11-29-12-9-14-32(20-29)36(19-28(6)39)35-22-34(17-15-26(35)4)37(33,40)27(5)24-38-23-25(2)3/h9,12,14-25,40H,7-8,10-11,13H2,1-6H3/b27-24+,36-19-,38-23-. The minimum Gasteiger partial charge on any atom is -0.376 e. The highest BCUT2D eigenvalue weighted by molar-refractivity contribution is 5.99. The molecule has 0 amide bonds. The molecular weight excluding hydrogens is 490 g/mol. The zero-order chi connectivity index (χ0) is 28.9. The van der Waals surface area contributed by atoms with Gasteiger partial charge in [-0.05, 0) is 120 Å². The van der Waals surface area contributed by atoms with Gasteiger partial charge in [0.2, 0.25) is 0 Å². The number of fused-ring (bicyclic) bond motifs is 6. The first kappa shape index (κ1) is 29.4. The molecule has 0 spiro atoms. The highest BCUT2D eigenvalue weighted by atomic mass is 16.3. The lowest BCUT2D eigenvalue weighted by Crippen LogP contribution is -2.29. The zero-order valence-corrected chi connectivity index (χ0v) is 24.9. The normalized spacial score (nSPS) is 18.8. The molecule has 0 radical (unpaired) electrons. The van der Waals surface area contributed by atoms with Gasteiger partial charge in [-0.25, -0.2) is 0 Å². The maximum Gasteiger partial charge on any atom is 0.153 e. The molecule has 0 saturated heterocycles. The molecule has 4 rings (SSSR count). The minimum atomic E-state index is -1.39. The number of rotatable bonds is 6. The number of benzene rings is 3. The molecule has 1 atom stereocenters. The second kappa shape index (κ2) is 12.7. The van der Waals surface area contributed by atoms with Gasteiger partial charge < -0.3 is 5.11 Å². The van der Waals surface area contributed by atoms with E-state index in [1.54, 1.807) is 19.2 Å². The summed E-state index contributed by atoms with van der Waals surface area (Å²) in [5.41, 5.74) is 8.79. The van der Waals surface area contributed by atoms with Gasteiger partial charge in [-0.15, -0.1) is 0 Å². The van der Waals surface area contributed by atoms with Crippen molar-refractivity contribution in [2.24, 2.45) is 10.9 Å². The van der Waals surface area contributed by atoms with Gasteiger partial charge in [0.05, 0.1) is 0 Å². The number of nitrogens with zero attached hydrogens (tertiary/aromatic N) is 1. The molecule has 0 fully saturated rings. The summed E-state index contributed by atoms with van der Waals surface area (Å²) >= 11 is 0. The molecular formula is C37H43NO2. The molecule has 1 aliphatic rings. The third-order valence-corrected chi connectivity index (χ3v) is 7.81. The van der Waals surface area contributed by atoms with Crippen LogP contribution in [0.5, 0.6) is 0 Å². The van der Waals surface area contributed by atoms with Crippen LogP contribution in [0.2, 0.25) is 0 Å². The van der Waals surface area contributed by atoms with E-state index < -0.39 is 5.60 Å². The van der Waals surface area contributed by atoms with E-state index in [9.17, 15) is 9.90 Å². The van der Waals surface area contributed by atoms with Gasteiger partial charge in [-0.2, -0.15) is 0 Å². The lowest BCUT2D eigenvalue weighted by Gasteiger charge is -2.32. The summed E-state index contributed by atoms with van der Waals surface area (Å²) in [6.45, 7) is 12.0. The smallest absolute Gasteiger partial charge is 0.153 e. The monoisotopic (exact) mass is 533 g/mol. The lowest BCUT2D eigenvalue weighted by molar-refractivity contribution is -0.112. The van der Waals surface area contributed by atoms with Crippen molar-refractivity contribution in [2.75, 3.05) is 0 Å². The maximum atomic E-state index is 12.7. The van der Waals surface area contributed by atoms with Crippen LogP contribution in [0.25, 0.3) is 5.57 Å². The predicted octanol–water partition coefficient (Wildman–Crippen LogP) is 8.32. The largest absolute Gasteiger partial charge is 0.376 e. The van der Waals surface area contributed by atoms with Crippen LogP contribution >= 0.6 is 0 Å². The Kier molecular flexibility index (Phi) is 9.37. The molecule has 3 aromatic carbocycles. The van der Waals surface area contributed by atoms with Gasteiger partial charge in [0, 0.05) is 12.4 Å². The van der Waals surface area contributed by atoms with E-state index in [0.29, 0.717) is 5.92 Å². The molecule has 1 N–H and O–H groups in total. The Bertz CT molecular complexity index is 1470. The van der Waals surface area contributed by atoms with Crippen molar-refractivity contribution >= 4 is 17.6 Å². The van der Waals surface area contributed by atoms with Gasteiger partial charge in [0.1, 0.15) is 5.60 Å². The van der Waals surface area contributed by atoms with Crippen molar-refractivity contribution in [1.82, 2.24) is 0 Å². The van der Waals surface area contributed by atoms with Gasteiger partial charge in [0.25, 0.3) is 0 Å². The van der Waals surface area contributed by atoms with Crippen LogP contribution in [0.3, 0.4) is 0 Å². The molecule has 1 unspecified atom stereocenters. The summed E-state index contributed by atoms with van der Waals surface area (Å²) in [5.74, 6) is 0.306. The summed E-state index contributed by atoms with van der Waals surface area (Å²) in [6, 6.07) is 21.2. The Labute approximate surface area is 240 Å². The fraction of sp³-hybridized carbons (Fsp3) is 0.351. The highest BCUT2D eigenvalue weighted by Crippen LogP contribution is 2.40. The molecule has 0 heterocycles. The van der Waals surface area contributed by atoms with Crippen molar-refractivity contribution in [3.8, 4) is 0 Å². The maximum absolute atomic E-state index is 12.7. The molecule has 208 valence electrons. The summed E-state index contributed by atoms with van der Waals surface area (Å²) in [4.78, 5) is 17.0. The first-order valence-electron chi connectivity index (χ1n) is 14.6. The quantitative estimate of drug-likeness (QED) is 0.256. The molecule has 0 aliphatic heterocycles. The molecule has 0 saturated carbocycles. The van der Waals surface area contributed by atoms with Crippen LogP contribution in [0.4, 0.5) is 0 Å². The Balaban J connectivity index is 2.05. The van der Waals surface area contributed by atoms with Gasteiger partial charge >= 0.3 is 0 Å². The number of carbonyl (C=O) groups excluding carboxylic acids is 1. The summed E-state index contributed by atoms with van der Waals surface area (Å²) < 4.78 is 0. The van der Waals surface area contributed by atoms with Crippen molar-refractivity contribution in [3.05, 3.63) is 123 Å². The topological polar surface area (TPSA) is 49.7 Å². The van der Waals surface area contributed by atoms with E-state index >= 15 is 0 Å². The lowest BCUT2D eigenvalue weighted by atomic mass is 9.77. The highest BCUT2D eigenvalue weighted by Gasteiger charge is 2.35. The van der Waals surface area contributed by atoms with Crippen molar-refractivity contribution in [2.45, 2.75) is 79.2 Å². The van der Waals surface area contributed by atoms with E-state index in [1.807, 2.05) is 19.2 Å². The Morgan fingerprint density at radius 1 is 1.02 bits per heavy atom. The number of hydrogen-bond acceptors (Lipinski definition) is 3. The minimum absolute atomic E-state index is 0.00293. The van der Waals surface area contributed by atoms with E-state index in [-0.39, 0.29) is 5.78 Å². The number of carbonyl (C=O) groups is 1. The molecule has 0 aromatic heterocycles. The molecule has 1 aliphatic carbocycles. The van der Waals surface area contributed by atoms with Crippen LogP contribution in [-0.2, 0) is 29.7 Å². The molecule has 3 nitrogen and oxygen atoms in total. The fourth-order valence-corrected chi connectivity index (χ4v) is 5.67. The summed E-state index contributed by atoms with van der Waals surface area (Å²) in [6.07, 6.45) is 10.4. The van der Waals surface area contributed by atoms with Gasteiger partial charge in [-0.3, -0.25) is 9.79 Å². The molecule has 40 heavy (non-hydrogen) atoms. The third-order valence-electron chi connectivity index (χ3n) is 7.81. The third kappa shape index (κ3) is 6.42. The average molecular weight is 534 g/mol. The Morgan fingerprint density at radius 3 is 2.50 bits per heavy atom. The van der Waals surface area contributed by atoms with E-state index in [4.69, 9.17) is 0 Å². The van der Waals surface area contributed by atoms with Crippen LogP contribution in [0.1, 0.15) is 92.0 Å². The molecule has 3 heteroatoms. The first-order valence-corrected chi connectivity index (χ1v) is 14.6. The SMILES string of the molecule is CCCc1ccc2cc1CCCc1cccc(c1)/C(=C/C(C)=O)c1cc(ccc1C)C2(O)/C(C)=C/N=C\C(C)C. The van der Waals surface area contributed by atoms with Gasteiger partial charge in [-0.1, -0.05) is 81.8 Å². The fourth-order valence-electron chi connectivity index (χ4n) is 5.67. The van der Waals surface area contributed by atoms with Crippen molar-refractivity contribution in [3.63, 3.8) is 0 Å². The van der Waals surface area contributed by atoms with Crippen LogP contribution in [0, 0.1) is 12.8 Å². The number of allylic oxidation sites excluding steroid dienone is 1. The summed E-state index contributed by atoms with van der Waals surface area (Å²) in [7, 11) is 0. The van der Waals surface area contributed by atoms with E-state index in [1.165, 1.54) is 16.7 Å². The van der Waals surface area contributed by atoms with Crippen molar-refractivity contribution < 1.29 is 9.90 Å². The molecule has 6 bridgehead atoms. The number of aryl methyl sites for hydroxylation is 4. The second-order valence-corrected chi connectivity index (χ2v) is 11.6. The van der Waals surface area contributed by atoms with E-state index in [2.05, 4.69) is 87.3 Å². The van der Waals surface area contributed by atoms with Crippen LogP contribution in [-0.4, -0.2) is 17.1 Å². The van der Waals surface area contributed by atoms with Crippen LogP contribution < -0.4 is 0 Å². The number of ketones is 1. The molecule has 3 aromatic rings. The Morgan fingerprint density at radius 2 is 1.77 bits per heavy atom. The van der Waals surface area contributed by atoms with Crippen molar-refractivity contribution in [1.29, 1.82) is 0 Å². The average Bonchev–Trinajstić information content (AvgIpc) is 2.92. The first-order chi connectivity index (χ1) is 19.1. The second-order valence-electron chi connectivity index (χ2n) is 11.6. The summed E-state index contributed by atoms with van der Waals surface area (Å²) in [5, 5.41) is 12.7. The Hall–Kier alpha value is -3.56. The number of aliphatic hydroxyl groups is 1. The van der Waals surface area contributed by atoms with E-state index in [0.717, 1.165) is 71.1 Å². The predicted molar refractivity (Wildman–Crippen MR) is 168 cm³/mol. The zero-order valence-electron chi connectivity index (χ0n) is 24.9.